The average Bonchev–Trinajstić information content (AvgIpc) is 3.47. The van der Waals surface area contributed by atoms with Gasteiger partial charge in [0.15, 0.2) is 5.16 Å². The van der Waals surface area contributed by atoms with E-state index in [1.165, 1.54) is 0 Å². The van der Waals surface area contributed by atoms with Crippen molar-refractivity contribution < 1.29 is 9.15 Å². The highest BCUT2D eigenvalue weighted by Crippen LogP contribution is 2.27. The lowest BCUT2D eigenvalue weighted by atomic mass is 10.4. The van der Waals surface area contributed by atoms with Crippen molar-refractivity contribution in [1.29, 1.82) is 0 Å². The van der Waals surface area contributed by atoms with Gasteiger partial charge in [0.05, 0.1) is 36.7 Å². The predicted octanol–water partition coefficient (Wildman–Crippen LogP) is 3.35. The lowest BCUT2D eigenvalue weighted by Crippen LogP contribution is -2.38. The summed E-state index contributed by atoms with van der Waals surface area (Å²) in [5.74, 6) is 2.39. The molecule has 0 saturated carbocycles. The highest BCUT2D eigenvalue weighted by atomic mass is 35.5. The van der Waals surface area contributed by atoms with E-state index >= 15 is 0 Å². The first-order chi connectivity index (χ1) is 14.3. The third-order valence-electron chi connectivity index (χ3n) is 4.70. The van der Waals surface area contributed by atoms with Gasteiger partial charge in [-0.1, -0.05) is 23.4 Å². The molecule has 4 aromatic heterocycles. The molecule has 150 valence electrons. The molecule has 29 heavy (non-hydrogen) atoms. The molecular formula is C19H19ClN6O2S. The molecule has 0 bridgehead atoms. The van der Waals surface area contributed by atoms with Gasteiger partial charge in [-0.15, -0.1) is 10.2 Å². The number of aromatic nitrogens is 5. The Balaban J connectivity index is 1.39. The van der Waals surface area contributed by atoms with Gasteiger partial charge in [0.25, 0.3) is 0 Å². The van der Waals surface area contributed by atoms with Gasteiger partial charge in [0, 0.05) is 31.2 Å². The predicted molar refractivity (Wildman–Crippen MR) is 111 cm³/mol. The minimum atomic E-state index is 0.579. The number of ether oxygens (including phenoxy) is 1. The summed E-state index contributed by atoms with van der Waals surface area (Å²) in [4.78, 5) is 6.86. The fourth-order valence-corrected chi connectivity index (χ4v) is 4.29. The van der Waals surface area contributed by atoms with E-state index < -0.39 is 0 Å². The second-order valence-corrected chi connectivity index (χ2v) is 8.06. The molecule has 5 rings (SSSR count). The van der Waals surface area contributed by atoms with E-state index in [9.17, 15) is 0 Å². The molecule has 10 heteroatoms. The molecule has 0 aliphatic carbocycles. The normalized spacial score (nSPS) is 14.7. The maximum atomic E-state index is 6.07. The molecule has 1 aliphatic rings. The molecule has 5 heterocycles. The molecule has 0 N–H and O–H groups in total. The van der Waals surface area contributed by atoms with Crippen molar-refractivity contribution in [2.45, 2.75) is 17.5 Å². The van der Waals surface area contributed by atoms with E-state index in [-0.39, 0.29) is 0 Å². The molecule has 1 saturated heterocycles. The highest BCUT2D eigenvalue weighted by Gasteiger charge is 2.21. The third kappa shape index (κ3) is 3.98. The zero-order valence-corrected chi connectivity index (χ0v) is 17.1. The molecule has 0 aromatic carbocycles. The summed E-state index contributed by atoms with van der Waals surface area (Å²) in [6, 6.07) is 7.61. The summed E-state index contributed by atoms with van der Waals surface area (Å²) >= 11 is 7.68. The zero-order valence-electron chi connectivity index (χ0n) is 15.6. The van der Waals surface area contributed by atoms with Crippen LogP contribution in [0.5, 0.6) is 0 Å². The summed E-state index contributed by atoms with van der Waals surface area (Å²) in [7, 11) is 0. The topological polar surface area (TPSA) is 73.6 Å². The minimum Gasteiger partial charge on any atom is -0.467 e. The van der Waals surface area contributed by atoms with Crippen LogP contribution in [-0.4, -0.2) is 50.5 Å². The van der Waals surface area contributed by atoms with Crippen LogP contribution >= 0.6 is 23.4 Å². The Bertz CT molecular complexity index is 1100. The van der Waals surface area contributed by atoms with E-state index in [2.05, 4.69) is 24.6 Å². The summed E-state index contributed by atoms with van der Waals surface area (Å²) in [5, 5.41) is 10.4. The fraction of sp³-hybridized carbons (Fsp3) is 0.316. The minimum absolute atomic E-state index is 0.579. The maximum absolute atomic E-state index is 6.07. The standard InChI is InChI=1S/C19H19ClN6O2S/c20-14-3-4-17-21-15(11-25(17)10-14)13-29-19-23-22-18(24-5-8-27-9-6-24)26(19)12-16-2-1-7-28-16/h1-4,7,10-11H,5-6,8-9,12-13H2. The van der Waals surface area contributed by atoms with Crippen LogP contribution in [0.25, 0.3) is 5.65 Å². The number of furan rings is 1. The Morgan fingerprint density at radius 1 is 1.10 bits per heavy atom. The molecule has 0 spiro atoms. The number of rotatable bonds is 6. The lowest BCUT2D eigenvalue weighted by molar-refractivity contribution is 0.121. The molecule has 1 aliphatic heterocycles. The first kappa shape index (κ1) is 18.5. The second kappa shape index (κ2) is 8.10. The van der Waals surface area contributed by atoms with Gasteiger partial charge < -0.3 is 18.5 Å². The maximum Gasteiger partial charge on any atom is 0.228 e. The number of fused-ring (bicyclic) bond motifs is 1. The number of pyridine rings is 1. The second-order valence-electron chi connectivity index (χ2n) is 6.68. The van der Waals surface area contributed by atoms with Gasteiger partial charge >= 0.3 is 0 Å². The monoisotopic (exact) mass is 430 g/mol. The van der Waals surface area contributed by atoms with Crippen molar-refractivity contribution in [2.24, 2.45) is 0 Å². The number of morpholine rings is 1. The van der Waals surface area contributed by atoms with Crippen molar-refractivity contribution in [3.05, 3.63) is 59.4 Å². The largest absolute Gasteiger partial charge is 0.467 e. The van der Waals surface area contributed by atoms with Crippen molar-refractivity contribution >= 4 is 35.0 Å². The third-order valence-corrected chi connectivity index (χ3v) is 5.92. The van der Waals surface area contributed by atoms with Crippen LogP contribution in [0.4, 0.5) is 5.95 Å². The first-order valence-corrected chi connectivity index (χ1v) is 10.7. The van der Waals surface area contributed by atoms with E-state index in [1.54, 1.807) is 18.0 Å². The number of hydrogen-bond donors (Lipinski definition) is 0. The first-order valence-electron chi connectivity index (χ1n) is 9.30. The quantitative estimate of drug-likeness (QED) is 0.434. The summed E-state index contributed by atoms with van der Waals surface area (Å²) in [6.07, 6.45) is 5.53. The van der Waals surface area contributed by atoms with Gasteiger partial charge in [0.2, 0.25) is 5.95 Å². The van der Waals surface area contributed by atoms with Crippen molar-refractivity contribution in [2.75, 3.05) is 31.2 Å². The Morgan fingerprint density at radius 3 is 2.83 bits per heavy atom. The Hall–Kier alpha value is -2.49. The lowest BCUT2D eigenvalue weighted by Gasteiger charge is -2.27. The number of halogens is 1. The molecule has 4 aromatic rings. The molecule has 0 unspecified atom stereocenters. The van der Waals surface area contributed by atoms with Crippen molar-refractivity contribution in [3.63, 3.8) is 0 Å². The van der Waals surface area contributed by atoms with Gasteiger partial charge in [-0.05, 0) is 24.3 Å². The van der Waals surface area contributed by atoms with Crippen LogP contribution in [0.3, 0.4) is 0 Å². The van der Waals surface area contributed by atoms with Crippen LogP contribution in [0.15, 0.2) is 52.5 Å². The molecule has 0 atom stereocenters. The van der Waals surface area contributed by atoms with E-state index in [4.69, 9.17) is 20.8 Å². The van der Waals surface area contributed by atoms with Gasteiger partial charge in [-0.2, -0.15) is 0 Å². The fourth-order valence-electron chi connectivity index (χ4n) is 3.31. The Labute approximate surface area is 176 Å². The molecular weight excluding hydrogens is 412 g/mol. The number of thioether (sulfide) groups is 1. The van der Waals surface area contributed by atoms with Gasteiger partial charge in [-0.25, -0.2) is 4.98 Å². The molecule has 8 nitrogen and oxygen atoms in total. The number of imidazole rings is 1. The van der Waals surface area contributed by atoms with E-state index in [0.717, 1.165) is 41.3 Å². The average molecular weight is 431 g/mol. The molecule has 1 fully saturated rings. The smallest absolute Gasteiger partial charge is 0.228 e. The molecule has 0 amide bonds. The SMILES string of the molecule is Clc1ccc2nc(CSc3nnc(N4CCOCC4)n3Cc3ccco3)cn2c1. The van der Waals surface area contributed by atoms with E-state index in [0.29, 0.717) is 30.5 Å². The number of hydrogen-bond acceptors (Lipinski definition) is 7. The number of nitrogens with zero attached hydrogens (tertiary/aromatic N) is 6. The zero-order chi connectivity index (χ0) is 19.6. The number of anilines is 1. The summed E-state index contributed by atoms with van der Waals surface area (Å²) in [6.45, 7) is 3.57. The van der Waals surface area contributed by atoms with Crippen LogP contribution in [0.1, 0.15) is 11.5 Å². The van der Waals surface area contributed by atoms with Gasteiger partial charge in [0.1, 0.15) is 11.4 Å². The van der Waals surface area contributed by atoms with Crippen LogP contribution in [0.2, 0.25) is 5.02 Å². The van der Waals surface area contributed by atoms with Crippen LogP contribution in [-0.2, 0) is 17.0 Å². The summed E-state index contributed by atoms with van der Waals surface area (Å²) < 4.78 is 15.1. The van der Waals surface area contributed by atoms with Crippen molar-refractivity contribution in [1.82, 2.24) is 24.1 Å². The van der Waals surface area contributed by atoms with Gasteiger partial charge in [-0.3, -0.25) is 4.57 Å². The highest BCUT2D eigenvalue weighted by molar-refractivity contribution is 7.98. The Kier molecular flexibility index (Phi) is 5.17. The van der Waals surface area contributed by atoms with Crippen LogP contribution < -0.4 is 4.90 Å². The van der Waals surface area contributed by atoms with E-state index in [1.807, 2.05) is 41.1 Å². The van der Waals surface area contributed by atoms with Crippen LogP contribution in [0, 0.1) is 0 Å². The Morgan fingerprint density at radius 2 is 2.00 bits per heavy atom. The van der Waals surface area contributed by atoms with Crippen molar-refractivity contribution in [3.8, 4) is 0 Å². The molecule has 0 radical (unpaired) electrons. The summed E-state index contributed by atoms with van der Waals surface area (Å²) in [5.41, 5.74) is 1.83.